The number of unbranched alkanes of at least 4 members (excludes halogenated alkanes) is 6. The van der Waals surface area contributed by atoms with Gasteiger partial charge in [-0.05, 0) is 31.7 Å². The molecule has 0 amide bonds. The summed E-state index contributed by atoms with van der Waals surface area (Å²) in [6.45, 7) is 10.4. The van der Waals surface area contributed by atoms with Crippen LogP contribution in [0.15, 0.2) is 0 Å². The van der Waals surface area contributed by atoms with Crippen LogP contribution in [0.1, 0.15) is 91.9 Å². The fourth-order valence-electron chi connectivity index (χ4n) is 2.57. The van der Waals surface area contributed by atoms with Crippen LogP contribution in [0.2, 0.25) is 0 Å². The van der Waals surface area contributed by atoms with Crippen LogP contribution in [-0.4, -0.2) is 12.6 Å². The molecule has 0 spiro atoms. The van der Waals surface area contributed by atoms with E-state index in [1.54, 1.807) is 0 Å². The van der Waals surface area contributed by atoms with Crippen LogP contribution >= 0.6 is 0 Å². The van der Waals surface area contributed by atoms with Gasteiger partial charge < -0.3 is 5.32 Å². The maximum Gasteiger partial charge on any atom is 0.00694 e. The quantitative estimate of drug-likeness (QED) is 0.426. The van der Waals surface area contributed by atoms with Crippen molar-refractivity contribution in [2.24, 2.45) is 5.92 Å². The average Bonchev–Trinajstić information content (AvgIpc) is 2.34. The van der Waals surface area contributed by atoms with Crippen molar-refractivity contribution in [2.75, 3.05) is 6.54 Å². The maximum absolute atomic E-state index is 3.71. The standard InChI is InChI=1S/C17H37N/c1-5-7-8-9-10-11-12-13-17(15-16(3)4)18-14-6-2/h16-18H,5-15H2,1-4H3. The van der Waals surface area contributed by atoms with Gasteiger partial charge >= 0.3 is 0 Å². The molecule has 110 valence electrons. The van der Waals surface area contributed by atoms with Crippen molar-refractivity contribution in [2.45, 2.75) is 97.9 Å². The molecule has 1 nitrogen and oxygen atoms in total. The molecule has 0 saturated heterocycles. The van der Waals surface area contributed by atoms with Crippen molar-refractivity contribution in [3.05, 3.63) is 0 Å². The minimum absolute atomic E-state index is 0.764. The van der Waals surface area contributed by atoms with E-state index in [1.165, 1.54) is 70.8 Å². The Morgan fingerprint density at radius 2 is 1.39 bits per heavy atom. The normalized spacial score (nSPS) is 13.2. The molecule has 1 atom stereocenters. The predicted molar refractivity (Wildman–Crippen MR) is 84.1 cm³/mol. The molecular weight excluding hydrogens is 218 g/mol. The van der Waals surface area contributed by atoms with Gasteiger partial charge in [-0.25, -0.2) is 0 Å². The third-order valence-corrected chi connectivity index (χ3v) is 3.60. The molecule has 0 aliphatic carbocycles. The van der Waals surface area contributed by atoms with E-state index in [1.807, 2.05) is 0 Å². The summed E-state index contributed by atoms with van der Waals surface area (Å²) >= 11 is 0. The molecule has 0 saturated carbocycles. The van der Waals surface area contributed by atoms with Crippen molar-refractivity contribution in [1.82, 2.24) is 5.32 Å². The van der Waals surface area contributed by atoms with Crippen LogP contribution < -0.4 is 5.32 Å². The van der Waals surface area contributed by atoms with Gasteiger partial charge in [0.15, 0.2) is 0 Å². The van der Waals surface area contributed by atoms with Crippen LogP contribution in [0.25, 0.3) is 0 Å². The van der Waals surface area contributed by atoms with Crippen LogP contribution in [-0.2, 0) is 0 Å². The summed E-state index contributed by atoms with van der Waals surface area (Å²) in [7, 11) is 0. The zero-order chi connectivity index (χ0) is 13.6. The summed E-state index contributed by atoms with van der Waals surface area (Å²) in [6, 6.07) is 0.764. The number of rotatable bonds is 13. The lowest BCUT2D eigenvalue weighted by atomic mass is 9.98. The Bertz CT molecular complexity index is 154. The number of hydrogen-bond acceptors (Lipinski definition) is 1. The maximum atomic E-state index is 3.71. The fraction of sp³-hybridized carbons (Fsp3) is 1.00. The molecule has 0 bridgehead atoms. The molecule has 0 heterocycles. The SMILES string of the molecule is CCCCCCCCCC(CC(C)C)NCCC. The fourth-order valence-corrected chi connectivity index (χ4v) is 2.57. The highest BCUT2D eigenvalue weighted by atomic mass is 14.9. The lowest BCUT2D eigenvalue weighted by Gasteiger charge is -2.20. The summed E-state index contributed by atoms with van der Waals surface area (Å²) in [5, 5.41) is 3.71. The van der Waals surface area contributed by atoms with Crippen molar-refractivity contribution in [1.29, 1.82) is 0 Å². The average molecular weight is 255 g/mol. The van der Waals surface area contributed by atoms with E-state index in [9.17, 15) is 0 Å². The van der Waals surface area contributed by atoms with Gasteiger partial charge in [0.25, 0.3) is 0 Å². The van der Waals surface area contributed by atoms with Crippen molar-refractivity contribution < 1.29 is 0 Å². The molecule has 0 rings (SSSR count). The lowest BCUT2D eigenvalue weighted by molar-refractivity contribution is 0.384. The zero-order valence-corrected chi connectivity index (χ0v) is 13.4. The van der Waals surface area contributed by atoms with Crippen LogP contribution in [0.5, 0.6) is 0 Å². The van der Waals surface area contributed by atoms with Gasteiger partial charge in [-0.3, -0.25) is 0 Å². The van der Waals surface area contributed by atoms with Gasteiger partial charge in [0.1, 0.15) is 0 Å². The molecule has 0 aromatic rings. The Labute approximate surface area is 116 Å². The van der Waals surface area contributed by atoms with Crippen molar-refractivity contribution >= 4 is 0 Å². The number of hydrogen-bond donors (Lipinski definition) is 1. The molecule has 0 aromatic heterocycles. The zero-order valence-electron chi connectivity index (χ0n) is 13.4. The molecule has 0 radical (unpaired) electrons. The summed E-state index contributed by atoms with van der Waals surface area (Å²) in [5.41, 5.74) is 0. The van der Waals surface area contributed by atoms with E-state index in [-0.39, 0.29) is 0 Å². The first-order valence-corrected chi connectivity index (χ1v) is 8.44. The largest absolute Gasteiger partial charge is 0.314 e. The minimum Gasteiger partial charge on any atom is -0.314 e. The summed E-state index contributed by atoms with van der Waals surface area (Å²) in [6.07, 6.45) is 14.0. The first-order valence-electron chi connectivity index (χ1n) is 8.44. The lowest BCUT2D eigenvalue weighted by Crippen LogP contribution is -2.31. The van der Waals surface area contributed by atoms with Crippen molar-refractivity contribution in [3.8, 4) is 0 Å². The minimum atomic E-state index is 0.764. The van der Waals surface area contributed by atoms with Crippen LogP contribution in [0, 0.1) is 5.92 Å². The van der Waals surface area contributed by atoms with E-state index in [0.29, 0.717) is 0 Å². The summed E-state index contributed by atoms with van der Waals surface area (Å²) in [4.78, 5) is 0. The van der Waals surface area contributed by atoms with Gasteiger partial charge in [-0.1, -0.05) is 72.6 Å². The molecular formula is C17H37N. The molecule has 0 fully saturated rings. The van der Waals surface area contributed by atoms with Crippen molar-refractivity contribution in [3.63, 3.8) is 0 Å². The first kappa shape index (κ1) is 18.0. The predicted octanol–water partition coefficient (Wildman–Crippen LogP) is 5.54. The molecule has 18 heavy (non-hydrogen) atoms. The smallest absolute Gasteiger partial charge is 0.00694 e. The second kappa shape index (κ2) is 13.4. The van der Waals surface area contributed by atoms with E-state index >= 15 is 0 Å². The summed E-state index contributed by atoms with van der Waals surface area (Å²) < 4.78 is 0. The second-order valence-corrected chi connectivity index (χ2v) is 6.19. The molecule has 1 N–H and O–H groups in total. The highest BCUT2D eigenvalue weighted by Crippen LogP contribution is 2.14. The van der Waals surface area contributed by atoms with E-state index in [2.05, 4.69) is 33.0 Å². The summed E-state index contributed by atoms with van der Waals surface area (Å²) in [5.74, 6) is 0.823. The van der Waals surface area contributed by atoms with Gasteiger partial charge in [0.05, 0.1) is 0 Å². The highest BCUT2D eigenvalue weighted by molar-refractivity contribution is 4.68. The van der Waals surface area contributed by atoms with E-state index < -0.39 is 0 Å². The van der Waals surface area contributed by atoms with E-state index in [0.717, 1.165) is 12.0 Å². The van der Waals surface area contributed by atoms with Gasteiger partial charge in [-0.2, -0.15) is 0 Å². The topological polar surface area (TPSA) is 12.0 Å². The molecule has 1 heteroatoms. The Morgan fingerprint density at radius 3 is 1.94 bits per heavy atom. The van der Waals surface area contributed by atoms with E-state index in [4.69, 9.17) is 0 Å². The third kappa shape index (κ3) is 12.4. The first-order chi connectivity index (χ1) is 8.70. The highest BCUT2D eigenvalue weighted by Gasteiger charge is 2.09. The molecule has 1 unspecified atom stereocenters. The molecule has 0 aliphatic rings. The molecule has 0 aromatic carbocycles. The van der Waals surface area contributed by atoms with Crippen LogP contribution in [0.3, 0.4) is 0 Å². The van der Waals surface area contributed by atoms with Gasteiger partial charge in [0.2, 0.25) is 0 Å². The Hall–Kier alpha value is -0.0400. The Morgan fingerprint density at radius 1 is 0.778 bits per heavy atom. The Balaban J connectivity index is 3.49. The monoisotopic (exact) mass is 255 g/mol. The second-order valence-electron chi connectivity index (χ2n) is 6.19. The molecule has 0 aliphatic heterocycles. The number of nitrogens with one attached hydrogen (secondary N) is 1. The van der Waals surface area contributed by atoms with Gasteiger partial charge in [-0.15, -0.1) is 0 Å². The van der Waals surface area contributed by atoms with Crippen LogP contribution in [0.4, 0.5) is 0 Å². The third-order valence-electron chi connectivity index (χ3n) is 3.60. The Kier molecular flexibility index (Phi) is 13.4. The van der Waals surface area contributed by atoms with Gasteiger partial charge in [0, 0.05) is 6.04 Å².